The highest BCUT2D eigenvalue weighted by molar-refractivity contribution is 9.10. The van der Waals surface area contributed by atoms with Crippen LogP contribution in [0.25, 0.3) is 0 Å². The molecule has 126 valence electrons. The van der Waals surface area contributed by atoms with E-state index in [1.165, 1.54) is 10.4 Å². The number of urea groups is 1. The first-order valence-electron chi connectivity index (χ1n) is 7.67. The van der Waals surface area contributed by atoms with Gasteiger partial charge in [-0.3, -0.25) is 4.79 Å². The molecule has 3 amide bonds. The van der Waals surface area contributed by atoms with Crippen molar-refractivity contribution in [2.45, 2.75) is 25.4 Å². The van der Waals surface area contributed by atoms with Crippen molar-refractivity contribution < 1.29 is 9.59 Å². The second kappa shape index (κ2) is 7.36. The van der Waals surface area contributed by atoms with Crippen LogP contribution in [0.3, 0.4) is 0 Å². The van der Waals surface area contributed by atoms with Gasteiger partial charge in [0.25, 0.3) is 0 Å². The smallest absolute Gasteiger partial charge is 0.312 e. The lowest BCUT2D eigenvalue weighted by atomic mass is 10.0. The van der Waals surface area contributed by atoms with E-state index in [-0.39, 0.29) is 12.3 Å². The summed E-state index contributed by atoms with van der Waals surface area (Å²) in [4.78, 5) is 27.2. The van der Waals surface area contributed by atoms with E-state index in [0.29, 0.717) is 13.1 Å². The Kier molecular flexibility index (Phi) is 5.20. The Labute approximate surface area is 153 Å². The summed E-state index contributed by atoms with van der Waals surface area (Å²) in [5.41, 5.74) is 7.36. The first-order valence-corrected chi connectivity index (χ1v) is 9.34. The van der Waals surface area contributed by atoms with E-state index in [9.17, 15) is 9.59 Å². The molecule has 24 heavy (non-hydrogen) atoms. The zero-order valence-corrected chi connectivity index (χ0v) is 15.4. The number of hydrogen-bond acceptors (Lipinski definition) is 3. The highest BCUT2D eigenvalue weighted by Crippen LogP contribution is 2.26. The molecule has 0 radical (unpaired) electrons. The minimum atomic E-state index is -0.633. The van der Waals surface area contributed by atoms with Gasteiger partial charge in [0.1, 0.15) is 0 Å². The number of hydrogen-bond donors (Lipinski definition) is 2. The molecule has 1 aliphatic heterocycles. The fourth-order valence-corrected chi connectivity index (χ4v) is 4.22. The summed E-state index contributed by atoms with van der Waals surface area (Å²) >= 11 is 5.16. The minimum absolute atomic E-state index is 0.0191. The molecule has 1 aromatic heterocycles. The maximum absolute atomic E-state index is 12.7. The van der Waals surface area contributed by atoms with Gasteiger partial charge in [-0.2, -0.15) is 0 Å². The van der Waals surface area contributed by atoms with Gasteiger partial charge < -0.3 is 16.0 Å². The van der Waals surface area contributed by atoms with Crippen LogP contribution in [-0.2, 0) is 17.8 Å². The second-order valence-electron chi connectivity index (χ2n) is 5.75. The Morgan fingerprint density at radius 1 is 1.38 bits per heavy atom. The molecule has 0 bridgehead atoms. The van der Waals surface area contributed by atoms with Crippen LogP contribution in [0.15, 0.2) is 40.2 Å². The number of carbonyl (C=O) groups excluding carboxylic acids is 2. The number of carbonyl (C=O) groups is 2. The fraction of sp³-hybridized carbons (Fsp3) is 0.294. The lowest BCUT2D eigenvalue weighted by molar-refractivity contribution is -0.132. The van der Waals surface area contributed by atoms with Gasteiger partial charge in [-0.25, -0.2) is 4.79 Å². The SMILES string of the molecule is NC(=O)N[C@H](CC(=O)N1CCc2sccc2C1)c1cccc(Br)c1. The molecule has 1 aliphatic rings. The van der Waals surface area contributed by atoms with Gasteiger partial charge in [-0.15, -0.1) is 11.3 Å². The van der Waals surface area contributed by atoms with Crippen LogP contribution >= 0.6 is 27.3 Å². The largest absolute Gasteiger partial charge is 0.352 e. The third-order valence-corrected chi connectivity index (χ3v) is 5.62. The van der Waals surface area contributed by atoms with E-state index < -0.39 is 12.1 Å². The number of nitrogens with zero attached hydrogens (tertiary/aromatic N) is 1. The van der Waals surface area contributed by atoms with Gasteiger partial charge in [0.15, 0.2) is 0 Å². The van der Waals surface area contributed by atoms with Crippen LogP contribution in [0.2, 0.25) is 0 Å². The van der Waals surface area contributed by atoms with Gasteiger partial charge in [0.2, 0.25) is 5.91 Å². The number of primary amides is 1. The van der Waals surface area contributed by atoms with Crippen LogP contribution < -0.4 is 11.1 Å². The van der Waals surface area contributed by atoms with Crippen molar-refractivity contribution in [3.05, 3.63) is 56.2 Å². The maximum atomic E-state index is 12.7. The molecule has 0 fully saturated rings. The third kappa shape index (κ3) is 3.96. The summed E-state index contributed by atoms with van der Waals surface area (Å²) < 4.78 is 0.893. The molecule has 0 spiro atoms. The fourth-order valence-electron chi connectivity index (χ4n) is 2.91. The molecule has 0 saturated carbocycles. The molecule has 2 heterocycles. The lowest BCUT2D eigenvalue weighted by Gasteiger charge is -2.29. The molecule has 3 N–H and O–H groups in total. The maximum Gasteiger partial charge on any atom is 0.312 e. The van der Waals surface area contributed by atoms with E-state index in [2.05, 4.69) is 32.7 Å². The van der Waals surface area contributed by atoms with E-state index in [0.717, 1.165) is 16.5 Å². The van der Waals surface area contributed by atoms with Gasteiger partial charge >= 0.3 is 6.03 Å². The normalized spacial score (nSPS) is 14.8. The summed E-state index contributed by atoms with van der Waals surface area (Å²) in [6.45, 7) is 1.35. The predicted molar refractivity (Wildman–Crippen MR) is 97.7 cm³/mol. The molecule has 1 atom stereocenters. The summed E-state index contributed by atoms with van der Waals surface area (Å²) in [6, 6.07) is 8.55. The summed E-state index contributed by atoms with van der Waals surface area (Å²) in [6.07, 6.45) is 1.09. The Hall–Kier alpha value is -1.86. The van der Waals surface area contributed by atoms with Crippen molar-refractivity contribution in [1.29, 1.82) is 0 Å². The molecule has 2 aromatic rings. The Morgan fingerprint density at radius 3 is 2.96 bits per heavy atom. The summed E-state index contributed by atoms with van der Waals surface area (Å²) in [7, 11) is 0. The van der Waals surface area contributed by atoms with Gasteiger partial charge in [0.05, 0.1) is 12.5 Å². The van der Waals surface area contributed by atoms with Crippen molar-refractivity contribution in [2.24, 2.45) is 5.73 Å². The number of benzene rings is 1. The zero-order valence-electron chi connectivity index (χ0n) is 13.0. The van der Waals surface area contributed by atoms with Crippen LogP contribution in [0.1, 0.15) is 28.5 Å². The molecule has 5 nitrogen and oxygen atoms in total. The molecule has 0 saturated heterocycles. The Bertz CT molecular complexity index is 762. The van der Waals surface area contributed by atoms with Crippen molar-refractivity contribution in [3.8, 4) is 0 Å². The van der Waals surface area contributed by atoms with Crippen molar-refractivity contribution in [1.82, 2.24) is 10.2 Å². The lowest BCUT2D eigenvalue weighted by Crippen LogP contribution is -2.40. The number of nitrogens with one attached hydrogen (secondary N) is 1. The minimum Gasteiger partial charge on any atom is -0.352 e. The third-order valence-electron chi connectivity index (χ3n) is 4.11. The molecular weight excluding hydrogens is 390 g/mol. The number of thiophene rings is 1. The molecule has 1 aromatic carbocycles. The predicted octanol–water partition coefficient (Wildman–Crippen LogP) is 3.20. The zero-order chi connectivity index (χ0) is 17.1. The summed E-state index contributed by atoms with van der Waals surface area (Å²) in [5, 5.41) is 4.75. The van der Waals surface area contributed by atoms with Crippen LogP contribution in [-0.4, -0.2) is 23.4 Å². The van der Waals surface area contributed by atoms with E-state index in [4.69, 9.17) is 5.73 Å². The number of amides is 3. The highest BCUT2D eigenvalue weighted by atomic mass is 79.9. The van der Waals surface area contributed by atoms with Gasteiger partial charge in [-0.1, -0.05) is 28.1 Å². The number of nitrogens with two attached hydrogens (primary N) is 1. The molecule has 3 rings (SSSR count). The van der Waals surface area contributed by atoms with Gasteiger partial charge in [0, 0.05) is 22.4 Å². The van der Waals surface area contributed by atoms with Crippen LogP contribution in [0.4, 0.5) is 4.79 Å². The van der Waals surface area contributed by atoms with Gasteiger partial charge in [-0.05, 0) is 41.1 Å². The molecule has 7 heteroatoms. The van der Waals surface area contributed by atoms with E-state index in [1.54, 1.807) is 11.3 Å². The second-order valence-corrected chi connectivity index (χ2v) is 7.67. The van der Waals surface area contributed by atoms with E-state index >= 15 is 0 Å². The average molecular weight is 408 g/mol. The Balaban J connectivity index is 1.73. The number of rotatable bonds is 4. The first-order chi connectivity index (χ1) is 11.5. The van der Waals surface area contributed by atoms with Crippen molar-refractivity contribution in [3.63, 3.8) is 0 Å². The topological polar surface area (TPSA) is 75.4 Å². The van der Waals surface area contributed by atoms with Crippen LogP contribution in [0, 0.1) is 0 Å². The molecule has 0 unspecified atom stereocenters. The number of fused-ring (bicyclic) bond motifs is 1. The average Bonchev–Trinajstić information content (AvgIpc) is 3.01. The molecule has 0 aliphatic carbocycles. The monoisotopic (exact) mass is 407 g/mol. The Morgan fingerprint density at radius 2 is 2.21 bits per heavy atom. The van der Waals surface area contributed by atoms with Crippen molar-refractivity contribution >= 4 is 39.2 Å². The highest BCUT2D eigenvalue weighted by Gasteiger charge is 2.25. The standard InChI is InChI=1S/C17H18BrN3O2S/c18-13-3-1-2-11(8-13)14(20-17(19)23)9-16(22)21-6-4-15-12(10-21)5-7-24-15/h1-3,5,7-8,14H,4,6,9-10H2,(H3,19,20,23)/t14-/m1/s1. The van der Waals surface area contributed by atoms with Crippen molar-refractivity contribution in [2.75, 3.05) is 6.54 Å². The quantitative estimate of drug-likeness (QED) is 0.816. The first kappa shape index (κ1) is 17.0. The van der Waals surface area contributed by atoms with Crippen LogP contribution in [0.5, 0.6) is 0 Å². The molecular formula is C17H18BrN3O2S. The number of halogens is 1. The summed E-state index contributed by atoms with van der Waals surface area (Å²) in [5.74, 6) is 0.0191. The van der Waals surface area contributed by atoms with E-state index in [1.807, 2.05) is 29.2 Å².